The van der Waals surface area contributed by atoms with Crippen molar-refractivity contribution in [3.63, 3.8) is 0 Å². The number of halogens is 3. The third-order valence-electron chi connectivity index (χ3n) is 4.41. The van der Waals surface area contributed by atoms with E-state index >= 15 is 0 Å². The Hall–Kier alpha value is -3.94. The summed E-state index contributed by atoms with van der Waals surface area (Å²) in [5.41, 5.74) is 5.19. The van der Waals surface area contributed by atoms with Crippen LogP contribution in [0.3, 0.4) is 0 Å². The second-order valence-corrected chi connectivity index (χ2v) is 8.95. The van der Waals surface area contributed by atoms with Crippen LogP contribution in [0.5, 0.6) is 0 Å². The quantitative estimate of drug-likeness (QED) is 0.353. The Morgan fingerprint density at radius 1 is 1.09 bits per heavy atom. The SMILES string of the molecule is CCS(=O)(=O)Nc1cccc(CNc2nc(Nc3ccc(C(N)=O)nc3)ncc2C(F)(F)F)c1. The van der Waals surface area contributed by atoms with Gasteiger partial charge in [-0.2, -0.15) is 18.2 Å². The van der Waals surface area contributed by atoms with Gasteiger partial charge in [-0.05, 0) is 36.8 Å². The lowest BCUT2D eigenvalue weighted by Crippen LogP contribution is -2.16. The molecule has 3 aromatic rings. The van der Waals surface area contributed by atoms with E-state index < -0.39 is 33.5 Å². The minimum absolute atomic E-state index is 0.0182. The summed E-state index contributed by atoms with van der Waals surface area (Å²) in [5.74, 6) is -1.47. The number of alkyl halides is 3. The number of carbonyl (C=O) groups excluding carboxylic acids is 1. The molecule has 34 heavy (non-hydrogen) atoms. The van der Waals surface area contributed by atoms with Crippen molar-refractivity contribution in [2.45, 2.75) is 19.6 Å². The highest BCUT2D eigenvalue weighted by atomic mass is 32.2. The normalized spacial score (nSPS) is 11.6. The van der Waals surface area contributed by atoms with Crippen LogP contribution in [0.15, 0.2) is 48.8 Å². The average molecular weight is 495 g/mol. The van der Waals surface area contributed by atoms with Gasteiger partial charge in [0, 0.05) is 18.4 Å². The molecule has 1 amide bonds. The van der Waals surface area contributed by atoms with Gasteiger partial charge in [-0.25, -0.2) is 18.4 Å². The Morgan fingerprint density at radius 2 is 1.85 bits per heavy atom. The van der Waals surface area contributed by atoms with Crippen molar-refractivity contribution < 1.29 is 26.4 Å². The van der Waals surface area contributed by atoms with E-state index in [9.17, 15) is 26.4 Å². The number of aromatic nitrogens is 3. The van der Waals surface area contributed by atoms with Gasteiger partial charge < -0.3 is 16.4 Å². The van der Waals surface area contributed by atoms with Gasteiger partial charge >= 0.3 is 6.18 Å². The van der Waals surface area contributed by atoms with Crippen LogP contribution in [0.2, 0.25) is 0 Å². The molecule has 14 heteroatoms. The molecule has 1 aromatic carbocycles. The molecule has 2 aromatic heterocycles. The van der Waals surface area contributed by atoms with E-state index in [-0.39, 0.29) is 29.6 Å². The second kappa shape index (κ2) is 9.91. The molecule has 5 N–H and O–H groups in total. The molecule has 0 saturated heterocycles. The number of nitrogens with one attached hydrogen (secondary N) is 3. The first-order valence-corrected chi connectivity index (χ1v) is 11.4. The summed E-state index contributed by atoms with van der Waals surface area (Å²) in [6, 6.07) is 9.01. The zero-order valence-corrected chi connectivity index (χ0v) is 18.5. The number of carbonyl (C=O) groups is 1. The van der Waals surface area contributed by atoms with Crippen molar-refractivity contribution >= 4 is 39.1 Å². The highest BCUT2D eigenvalue weighted by molar-refractivity contribution is 7.92. The fourth-order valence-corrected chi connectivity index (χ4v) is 3.34. The lowest BCUT2D eigenvalue weighted by molar-refractivity contribution is -0.137. The fraction of sp³-hybridized carbons (Fsp3) is 0.200. The maximum atomic E-state index is 13.5. The van der Waals surface area contributed by atoms with Crippen LogP contribution in [-0.2, 0) is 22.7 Å². The summed E-state index contributed by atoms with van der Waals surface area (Å²) >= 11 is 0. The van der Waals surface area contributed by atoms with Gasteiger partial charge in [0.1, 0.15) is 17.1 Å². The topological polar surface area (TPSA) is 152 Å². The maximum absolute atomic E-state index is 13.5. The first-order valence-electron chi connectivity index (χ1n) is 9.77. The van der Waals surface area contributed by atoms with Gasteiger partial charge in [-0.3, -0.25) is 9.52 Å². The number of anilines is 4. The number of hydrogen-bond donors (Lipinski definition) is 4. The molecule has 0 radical (unpaired) electrons. The van der Waals surface area contributed by atoms with Gasteiger partial charge in [-0.15, -0.1) is 0 Å². The molecular weight excluding hydrogens is 475 g/mol. The summed E-state index contributed by atoms with van der Waals surface area (Å²) in [4.78, 5) is 22.6. The molecule has 0 aliphatic heterocycles. The Bertz CT molecular complexity index is 1280. The molecule has 0 aliphatic rings. The van der Waals surface area contributed by atoms with E-state index in [0.29, 0.717) is 17.4 Å². The zero-order chi connectivity index (χ0) is 24.9. The van der Waals surface area contributed by atoms with Crippen molar-refractivity contribution in [2.24, 2.45) is 5.73 Å². The van der Waals surface area contributed by atoms with Crippen molar-refractivity contribution in [3.8, 4) is 0 Å². The van der Waals surface area contributed by atoms with E-state index in [1.807, 2.05) is 0 Å². The Labute approximate surface area is 192 Å². The highest BCUT2D eigenvalue weighted by Gasteiger charge is 2.35. The van der Waals surface area contributed by atoms with Crippen LogP contribution in [0.1, 0.15) is 28.5 Å². The number of benzene rings is 1. The minimum Gasteiger partial charge on any atom is -0.365 e. The number of hydrogen-bond acceptors (Lipinski definition) is 8. The summed E-state index contributed by atoms with van der Waals surface area (Å²) in [7, 11) is -3.50. The van der Waals surface area contributed by atoms with Gasteiger partial charge in [0.2, 0.25) is 16.0 Å². The standard InChI is InChI=1S/C20H20F3N7O3S/c1-2-34(32,33)30-13-5-3-4-12(8-13)9-26-18-15(20(21,22)23)11-27-19(29-18)28-14-6-7-16(17(24)31)25-10-14/h3-8,10-11,30H,2,9H2,1H3,(H2,24,31)(H2,26,27,28,29). The van der Waals surface area contributed by atoms with Crippen LogP contribution >= 0.6 is 0 Å². The molecule has 10 nitrogen and oxygen atoms in total. The fourth-order valence-electron chi connectivity index (χ4n) is 2.71. The van der Waals surface area contributed by atoms with Crippen LogP contribution in [0, 0.1) is 0 Å². The van der Waals surface area contributed by atoms with E-state index in [0.717, 1.165) is 0 Å². The van der Waals surface area contributed by atoms with Crippen molar-refractivity contribution in [3.05, 3.63) is 65.6 Å². The van der Waals surface area contributed by atoms with Crippen LogP contribution < -0.4 is 21.1 Å². The van der Waals surface area contributed by atoms with Crippen LogP contribution in [-0.4, -0.2) is 35.0 Å². The number of nitrogens with zero attached hydrogens (tertiary/aromatic N) is 3. The van der Waals surface area contributed by atoms with Gasteiger partial charge in [0.25, 0.3) is 5.91 Å². The smallest absolute Gasteiger partial charge is 0.365 e. The number of rotatable bonds is 9. The van der Waals surface area contributed by atoms with E-state index in [2.05, 4.69) is 30.3 Å². The van der Waals surface area contributed by atoms with E-state index in [1.54, 1.807) is 12.1 Å². The number of amides is 1. The molecule has 2 heterocycles. The summed E-state index contributed by atoms with van der Waals surface area (Å²) in [5, 5.41) is 5.33. The van der Waals surface area contributed by atoms with Gasteiger partial charge in [0.15, 0.2) is 0 Å². The molecule has 180 valence electrons. The lowest BCUT2D eigenvalue weighted by atomic mass is 10.2. The molecular formula is C20H20F3N7O3S. The molecule has 0 bridgehead atoms. The predicted molar refractivity (Wildman–Crippen MR) is 120 cm³/mol. The molecule has 0 aliphatic carbocycles. The molecule has 0 saturated carbocycles. The minimum atomic E-state index is -4.72. The van der Waals surface area contributed by atoms with Crippen LogP contribution in [0.4, 0.5) is 36.3 Å². The van der Waals surface area contributed by atoms with E-state index in [4.69, 9.17) is 5.73 Å². The highest BCUT2D eigenvalue weighted by Crippen LogP contribution is 2.34. The first kappa shape index (κ1) is 24.7. The van der Waals surface area contributed by atoms with Gasteiger partial charge in [0.05, 0.1) is 17.6 Å². The van der Waals surface area contributed by atoms with Crippen molar-refractivity contribution in [1.82, 2.24) is 15.0 Å². The lowest BCUT2D eigenvalue weighted by Gasteiger charge is -2.15. The average Bonchev–Trinajstić information content (AvgIpc) is 2.77. The summed E-state index contributed by atoms with van der Waals surface area (Å²) in [6.07, 6.45) is -2.82. The monoisotopic (exact) mass is 495 g/mol. The molecule has 3 rings (SSSR count). The number of nitrogens with two attached hydrogens (primary N) is 1. The third kappa shape index (κ3) is 6.54. The number of primary amides is 1. The Balaban J connectivity index is 1.81. The molecule has 0 spiro atoms. The maximum Gasteiger partial charge on any atom is 0.421 e. The number of sulfonamides is 1. The predicted octanol–water partition coefficient (Wildman–Crippen LogP) is 3.11. The van der Waals surface area contributed by atoms with Gasteiger partial charge in [-0.1, -0.05) is 12.1 Å². The summed E-state index contributed by atoms with van der Waals surface area (Å²) in [6.45, 7) is 1.41. The van der Waals surface area contributed by atoms with Crippen LogP contribution in [0.25, 0.3) is 0 Å². The molecule has 0 unspecified atom stereocenters. The second-order valence-electron chi connectivity index (χ2n) is 6.93. The zero-order valence-electron chi connectivity index (χ0n) is 17.7. The molecule has 0 atom stereocenters. The first-order chi connectivity index (χ1) is 16.0. The Morgan fingerprint density at radius 3 is 2.47 bits per heavy atom. The van der Waals surface area contributed by atoms with E-state index in [1.165, 1.54) is 37.4 Å². The molecule has 0 fully saturated rings. The van der Waals surface area contributed by atoms with Crippen molar-refractivity contribution in [2.75, 3.05) is 21.1 Å². The third-order valence-corrected chi connectivity index (χ3v) is 5.71. The van der Waals surface area contributed by atoms with Crippen molar-refractivity contribution in [1.29, 1.82) is 0 Å². The largest absolute Gasteiger partial charge is 0.421 e. The number of pyridine rings is 1. The Kier molecular flexibility index (Phi) is 7.20. The summed E-state index contributed by atoms with van der Waals surface area (Å²) < 4.78 is 66.3.